The molecule has 1 unspecified atom stereocenters. The van der Waals surface area contributed by atoms with Gasteiger partial charge in [0, 0.05) is 0 Å². The molecule has 0 bridgehead atoms. The van der Waals surface area contributed by atoms with Gasteiger partial charge in [0.1, 0.15) is 0 Å². The first-order chi connectivity index (χ1) is 5.08. The Balaban J connectivity index is 2.66. The van der Waals surface area contributed by atoms with Crippen LogP contribution in [-0.2, 0) is 0 Å². The van der Waals surface area contributed by atoms with Gasteiger partial charge in [-0.3, -0.25) is 0 Å². The van der Waals surface area contributed by atoms with Crippen LogP contribution in [0.2, 0.25) is 0 Å². The molecule has 0 aromatic heterocycles. The summed E-state index contributed by atoms with van der Waals surface area (Å²) in [5.41, 5.74) is 0.736. The minimum absolute atomic E-state index is 0.487. The van der Waals surface area contributed by atoms with Crippen molar-refractivity contribution in [2.75, 3.05) is 0 Å². The van der Waals surface area contributed by atoms with E-state index in [1.54, 1.807) is 0 Å². The summed E-state index contributed by atoms with van der Waals surface area (Å²) in [6.07, 6.45) is 5.27. The van der Waals surface area contributed by atoms with E-state index in [2.05, 4.69) is 6.92 Å². The Morgan fingerprint density at radius 2 is 2.09 bits per heavy atom. The fourth-order valence-corrected chi connectivity index (χ4v) is 1.59. The van der Waals surface area contributed by atoms with Crippen LogP contribution in [0, 0.1) is 5.92 Å². The lowest BCUT2D eigenvalue weighted by atomic mass is 9.92. The van der Waals surface area contributed by atoms with E-state index in [0.717, 1.165) is 6.42 Å². The summed E-state index contributed by atoms with van der Waals surface area (Å²) >= 11 is 0. The molecule has 1 nitrogen and oxygen atoms in total. The maximum Gasteiger partial charge on any atom is 0.0855 e. The lowest BCUT2D eigenvalue weighted by molar-refractivity contribution is 0.0627. The average molecular weight is 154 g/mol. The topological polar surface area (TPSA) is 20.2 Å². The molecular formula is C10H18O. The molecule has 64 valence electrons. The fourth-order valence-electron chi connectivity index (χ4n) is 1.59. The van der Waals surface area contributed by atoms with Gasteiger partial charge in [-0.15, -0.1) is 0 Å². The highest BCUT2D eigenvalue weighted by atomic mass is 16.3. The van der Waals surface area contributed by atoms with E-state index in [1.807, 2.05) is 19.9 Å². The highest BCUT2D eigenvalue weighted by Crippen LogP contribution is 2.42. The van der Waals surface area contributed by atoms with E-state index in [4.69, 9.17) is 0 Å². The zero-order chi connectivity index (χ0) is 8.48. The quantitative estimate of drug-likeness (QED) is 0.619. The maximum absolute atomic E-state index is 10.1. The van der Waals surface area contributed by atoms with Crippen molar-refractivity contribution in [2.24, 2.45) is 5.92 Å². The van der Waals surface area contributed by atoms with Crippen LogP contribution in [0.25, 0.3) is 0 Å². The molecule has 1 saturated carbocycles. The van der Waals surface area contributed by atoms with E-state index < -0.39 is 5.60 Å². The molecule has 0 spiro atoms. The summed E-state index contributed by atoms with van der Waals surface area (Å²) in [6, 6.07) is 0. The molecule has 1 N–H and O–H groups in total. The van der Waals surface area contributed by atoms with Gasteiger partial charge in [0.2, 0.25) is 0 Å². The highest BCUT2D eigenvalue weighted by Gasteiger charge is 2.40. The van der Waals surface area contributed by atoms with Crippen LogP contribution in [-0.4, -0.2) is 10.7 Å². The standard InChI is InChI=1S/C10H18O/c1-4-10(11,7-8(2)3)9-5-6-9/h7,9,11H,4-6H2,1-3H3. The third-order valence-electron chi connectivity index (χ3n) is 2.39. The second-order valence-corrected chi connectivity index (χ2v) is 3.84. The van der Waals surface area contributed by atoms with Crippen LogP contribution >= 0.6 is 0 Å². The molecule has 0 aliphatic heterocycles. The first-order valence-electron chi connectivity index (χ1n) is 4.47. The zero-order valence-electron chi connectivity index (χ0n) is 7.72. The second kappa shape index (κ2) is 2.98. The molecule has 11 heavy (non-hydrogen) atoms. The van der Waals surface area contributed by atoms with Crippen LogP contribution in [0.1, 0.15) is 40.0 Å². The van der Waals surface area contributed by atoms with E-state index in [0.29, 0.717) is 5.92 Å². The largest absolute Gasteiger partial charge is 0.386 e. The molecule has 1 atom stereocenters. The van der Waals surface area contributed by atoms with Gasteiger partial charge in [0.15, 0.2) is 0 Å². The monoisotopic (exact) mass is 154 g/mol. The van der Waals surface area contributed by atoms with Gasteiger partial charge in [-0.05, 0) is 39.0 Å². The van der Waals surface area contributed by atoms with Gasteiger partial charge in [-0.25, -0.2) is 0 Å². The molecule has 1 heteroatoms. The number of hydrogen-bond donors (Lipinski definition) is 1. The van der Waals surface area contributed by atoms with Crippen molar-refractivity contribution in [3.05, 3.63) is 11.6 Å². The Morgan fingerprint density at radius 3 is 2.36 bits per heavy atom. The number of rotatable bonds is 3. The van der Waals surface area contributed by atoms with Crippen LogP contribution in [0.15, 0.2) is 11.6 Å². The van der Waals surface area contributed by atoms with E-state index >= 15 is 0 Å². The Labute approximate surface area is 69.1 Å². The SMILES string of the molecule is CCC(O)(C=C(C)C)C1CC1. The summed E-state index contributed by atoms with van der Waals surface area (Å²) in [5.74, 6) is 0.544. The predicted octanol–water partition coefficient (Wildman–Crippen LogP) is 2.50. The van der Waals surface area contributed by atoms with Crippen molar-refractivity contribution in [2.45, 2.75) is 45.6 Å². The minimum atomic E-state index is -0.487. The second-order valence-electron chi connectivity index (χ2n) is 3.84. The van der Waals surface area contributed by atoms with Gasteiger partial charge >= 0.3 is 0 Å². The zero-order valence-corrected chi connectivity index (χ0v) is 7.72. The van der Waals surface area contributed by atoms with Crippen LogP contribution in [0.5, 0.6) is 0 Å². The molecule has 0 saturated heterocycles. The molecule has 0 amide bonds. The maximum atomic E-state index is 10.1. The van der Waals surface area contributed by atoms with E-state index in [1.165, 1.54) is 18.4 Å². The van der Waals surface area contributed by atoms with Crippen LogP contribution < -0.4 is 0 Å². The normalized spacial score (nSPS) is 22.5. The smallest absolute Gasteiger partial charge is 0.0855 e. The molecule has 1 aliphatic carbocycles. The molecule has 1 aliphatic rings. The Bertz CT molecular complexity index is 164. The molecule has 1 rings (SSSR count). The molecule has 1 fully saturated rings. The third-order valence-corrected chi connectivity index (χ3v) is 2.39. The number of hydrogen-bond acceptors (Lipinski definition) is 1. The third kappa shape index (κ3) is 2.06. The number of allylic oxidation sites excluding steroid dienone is 1. The van der Waals surface area contributed by atoms with Crippen molar-refractivity contribution in [1.29, 1.82) is 0 Å². The molecular weight excluding hydrogens is 136 g/mol. The number of aliphatic hydroxyl groups is 1. The van der Waals surface area contributed by atoms with Gasteiger partial charge in [-0.2, -0.15) is 0 Å². The van der Waals surface area contributed by atoms with Crippen LogP contribution in [0.3, 0.4) is 0 Å². The summed E-state index contributed by atoms with van der Waals surface area (Å²) in [6.45, 7) is 6.14. The molecule has 0 radical (unpaired) electrons. The van der Waals surface area contributed by atoms with Crippen molar-refractivity contribution in [1.82, 2.24) is 0 Å². The minimum Gasteiger partial charge on any atom is -0.386 e. The Kier molecular flexibility index (Phi) is 2.38. The molecule has 0 aromatic carbocycles. The summed E-state index contributed by atoms with van der Waals surface area (Å²) < 4.78 is 0. The van der Waals surface area contributed by atoms with Gasteiger partial charge in [-0.1, -0.05) is 18.6 Å². The van der Waals surface area contributed by atoms with Gasteiger partial charge in [0.05, 0.1) is 5.60 Å². The van der Waals surface area contributed by atoms with Crippen LogP contribution in [0.4, 0.5) is 0 Å². The van der Waals surface area contributed by atoms with Crippen molar-refractivity contribution in [3.8, 4) is 0 Å². The Hall–Kier alpha value is -0.300. The Morgan fingerprint density at radius 1 is 1.55 bits per heavy atom. The average Bonchev–Trinajstić information content (AvgIpc) is 2.66. The van der Waals surface area contributed by atoms with E-state index in [-0.39, 0.29) is 0 Å². The van der Waals surface area contributed by atoms with Crippen molar-refractivity contribution in [3.63, 3.8) is 0 Å². The lowest BCUT2D eigenvalue weighted by Gasteiger charge is -2.23. The highest BCUT2D eigenvalue weighted by molar-refractivity contribution is 5.12. The van der Waals surface area contributed by atoms with Gasteiger partial charge < -0.3 is 5.11 Å². The first-order valence-corrected chi connectivity index (χ1v) is 4.47. The summed E-state index contributed by atoms with van der Waals surface area (Å²) in [4.78, 5) is 0. The van der Waals surface area contributed by atoms with Crippen molar-refractivity contribution >= 4 is 0 Å². The van der Waals surface area contributed by atoms with Crippen molar-refractivity contribution < 1.29 is 5.11 Å². The lowest BCUT2D eigenvalue weighted by Crippen LogP contribution is -2.27. The molecule has 0 heterocycles. The fraction of sp³-hybridized carbons (Fsp3) is 0.800. The van der Waals surface area contributed by atoms with E-state index in [9.17, 15) is 5.11 Å². The van der Waals surface area contributed by atoms with Gasteiger partial charge in [0.25, 0.3) is 0 Å². The predicted molar refractivity (Wildman–Crippen MR) is 47.4 cm³/mol. The molecule has 0 aromatic rings. The summed E-state index contributed by atoms with van der Waals surface area (Å²) in [5, 5.41) is 10.1. The first kappa shape index (κ1) is 8.79. The summed E-state index contributed by atoms with van der Waals surface area (Å²) in [7, 11) is 0.